The Morgan fingerprint density at radius 2 is 1.71 bits per heavy atom. The van der Waals surface area contributed by atoms with E-state index in [0.717, 1.165) is 36.9 Å². The summed E-state index contributed by atoms with van der Waals surface area (Å²) in [7, 11) is 0. The Balaban J connectivity index is 0.000000136. The first-order valence-electron chi connectivity index (χ1n) is 5.88. The molecule has 0 N–H and O–H groups in total. The van der Waals surface area contributed by atoms with E-state index >= 15 is 0 Å². The first kappa shape index (κ1) is 8.72. The van der Waals surface area contributed by atoms with Crippen LogP contribution in [0.2, 0.25) is 0 Å². The van der Waals surface area contributed by atoms with Crippen LogP contribution in [0.4, 0.5) is 0 Å². The first-order chi connectivity index (χ1) is 6.95. The summed E-state index contributed by atoms with van der Waals surface area (Å²) in [5, 5.41) is 0. The monoisotopic (exact) mass is 190 g/mol. The third kappa shape index (κ3) is 1.35. The molecule has 0 spiro atoms. The van der Waals surface area contributed by atoms with E-state index in [1.807, 2.05) is 0 Å². The van der Waals surface area contributed by atoms with E-state index in [1.54, 1.807) is 0 Å². The Bertz CT molecular complexity index is 258. The fraction of sp³-hybridized carbons (Fsp3) is 0.692. The van der Waals surface area contributed by atoms with Crippen LogP contribution in [0.3, 0.4) is 0 Å². The highest BCUT2D eigenvalue weighted by atomic mass is 16.5. The molecule has 1 saturated carbocycles. The third-order valence-corrected chi connectivity index (χ3v) is 4.03. The standard InChI is InChI=1S/C10H12.C3H6O/c1-2-9-7-4-5-8(6-7)10(9)3-1;1-2-4-3-1/h1-2,4-5,7-10H,3,6H2;1-3H2. The maximum Gasteiger partial charge on any atom is 0.0488 e. The van der Waals surface area contributed by atoms with Gasteiger partial charge in [0.15, 0.2) is 0 Å². The van der Waals surface area contributed by atoms with Gasteiger partial charge in [0.1, 0.15) is 0 Å². The van der Waals surface area contributed by atoms with Crippen molar-refractivity contribution in [1.82, 2.24) is 0 Å². The topological polar surface area (TPSA) is 9.23 Å². The van der Waals surface area contributed by atoms with Crippen LogP contribution in [0.1, 0.15) is 19.3 Å². The van der Waals surface area contributed by atoms with Gasteiger partial charge in [-0.3, -0.25) is 0 Å². The lowest BCUT2D eigenvalue weighted by Gasteiger charge is -2.18. The molecule has 4 aliphatic rings. The molecule has 4 unspecified atom stereocenters. The van der Waals surface area contributed by atoms with E-state index in [2.05, 4.69) is 24.3 Å². The van der Waals surface area contributed by atoms with Crippen LogP contribution in [-0.2, 0) is 4.74 Å². The minimum Gasteiger partial charge on any atom is -0.381 e. The molecule has 0 aromatic rings. The van der Waals surface area contributed by atoms with E-state index in [0.29, 0.717) is 0 Å². The summed E-state index contributed by atoms with van der Waals surface area (Å²) >= 11 is 0. The number of hydrogen-bond donors (Lipinski definition) is 0. The second-order valence-electron chi connectivity index (χ2n) is 4.82. The van der Waals surface area contributed by atoms with E-state index in [-0.39, 0.29) is 0 Å². The van der Waals surface area contributed by atoms with Gasteiger partial charge in [-0.15, -0.1) is 0 Å². The lowest BCUT2D eigenvalue weighted by Crippen LogP contribution is -2.12. The van der Waals surface area contributed by atoms with Crippen LogP contribution in [0.25, 0.3) is 0 Å². The Hall–Kier alpha value is -0.560. The summed E-state index contributed by atoms with van der Waals surface area (Å²) < 4.78 is 4.72. The SMILES string of the molecule is C1=CC2C3C=CC(C3)C2C1.C1COC1. The minimum atomic E-state index is 0.925. The molecule has 2 fully saturated rings. The van der Waals surface area contributed by atoms with Gasteiger partial charge in [-0.05, 0) is 42.9 Å². The van der Waals surface area contributed by atoms with Gasteiger partial charge in [-0.25, -0.2) is 0 Å². The van der Waals surface area contributed by atoms with E-state index in [1.165, 1.54) is 19.3 Å². The Kier molecular flexibility index (Phi) is 2.21. The van der Waals surface area contributed by atoms with Crippen molar-refractivity contribution in [2.24, 2.45) is 23.7 Å². The molecule has 14 heavy (non-hydrogen) atoms. The molecule has 1 nitrogen and oxygen atoms in total. The molecule has 76 valence electrons. The lowest BCUT2D eigenvalue weighted by molar-refractivity contribution is 0.0367. The average molecular weight is 190 g/mol. The van der Waals surface area contributed by atoms with Crippen molar-refractivity contribution < 1.29 is 4.74 Å². The second-order valence-corrected chi connectivity index (χ2v) is 4.82. The molecule has 1 aliphatic heterocycles. The van der Waals surface area contributed by atoms with Gasteiger partial charge in [0.25, 0.3) is 0 Å². The van der Waals surface area contributed by atoms with Gasteiger partial charge in [-0.2, -0.15) is 0 Å². The normalized spacial score (nSPS) is 45.7. The molecule has 0 aromatic heterocycles. The summed E-state index contributed by atoms with van der Waals surface area (Å²) in [6.45, 7) is 2.00. The van der Waals surface area contributed by atoms with Gasteiger partial charge in [0.2, 0.25) is 0 Å². The number of fused-ring (bicyclic) bond motifs is 5. The number of allylic oxidation sites excluding steroid dienone is 4. The highest BCUT2D eigenvalue weighted by molar-refractivity contribution is 5.21. The molecule has 1 heterocycles. The van der Waals surface area contributed by atoms with E-state index < -0.39 is 0 Å². The number of rotatable bonds is 0. The fourth-order valence-corrected chi connectivity index (χ4v) is 3.12. The van der Waals surface area contributed by atoms with Gasteiger partial charge in [-0.1, -0.05) is 24.3 Å². The first-order valence-corrected chi connectivity index (χ1v) is 5.88. The molecule has 0 aromatic carbocycles. The van der Waals surface area contributed by atoms with Gasteiger partial charge in [0.05, 0.1) is 0 Å². The zero-order valence-corrected chi connectivity index (χ0v) is 8.56. The molecule has 1 heteroatoms. The van der Waals surface area contributed by atoms with Gasteiger partial charge >= 0.3 is 0 Å². The van der Waals surface area contributed by atoms with Crippen molar-refractivity contribution in [1.29, 1.82) is 0 Å². The predicted octanol–water partition coefficient (Wildman–Crippen LogP) is 2.79. The molecule has 1 saturated heterocycles. The summed E-state index contributed by atoms with van der Waals surface area (Å²) in [4.78, 5) is 0. The summed E-state index contributed by atoms with van der Waals surface area (Å²) in [5.74, 6) is 3.82. The van der Waals surface area contributed by atoms with Crippen molar-refractivity contribution >= 4 is 0 Å². The summed E-state index contributed by atoms with van der Waals surface area (Å²) in [5.41, 5.74) is 0. The quantitative estimate of drug-likeness (QED) is 0.534. The van der Waals surface area contributed by atoms with Crippen LogP contribution in [0.15, 0.2) is 24.3 Å². The van der Waals surface area contributed by atoms with Gasteiger partial charge in [0, 0.05) is 13.2 Å². The van der Waals surface area contributed by atoms with Crippen molar-refractivity contribution in [3.63, 3.8) is 0 Å². The molecule has 2 bridgehead atoms. The third-order valence-electron chi connectivity index (χ3n) is 4.03. The van der Waals surface area contributed by atoms with Gasteiger partial charge < -0.3 is 4.74 Å². The van der Waals surface area contributed by atoms with Crippen LogP contribution >= 0.6 is 0 Å². The van der Waals surface area contributed by atoms with Crippen molar-refractivity contribution in [2.45, 2.75) is 19.3 Å². The molecule has 4 rings (SSSR count). The number of ether oxygens (including phenoxy) is 1. The maximum absolute atomic E-state index is 4.72. The zero-order chi connectivity index (χ0) is 9.38. The molecule has 4 atom stereocenters. The molecular weight excluding hydrogens is 172 g/mol. The van der Waals surface area contributed by atoms with Crippen LogP contribution in [-0.4, -0.2) is 13.2 Å². The fourth-order valence-electron chi connectivity index (χ4n) is 3.12. The van der Waals surface area contributed by atoms with Crippen molar-refractivity contribution in [3.05, 3.63) is 24.3 Å². The van der Waals surface area contributed by atoms with Crippen LogP contribution in [0.5, 0.6) is 0 Å². The summed E-state index contributed by atoms with van der Waals surface area (Å²) in [6.07, 6.45) is 13.8. The minimum absolute atomic E-state index is 0.925. The Labute approximate surface area is 85.8 Å². The number of hydrogen-bond acceptors (Lipinski definition) is 1. The Morgan fingerprint density at radius 3 is 2.36 bits per heavy atom. The van der Waals surface area contributed by atoms with Crippen LogP contribution in [0, 0.1) is 23.7 Å². The summed E-state index contributed by atoms with van der Waals surface area (Å²) in [6, 6.07) is 0. The molecule has 3 aliphatic carbocycles. The second kappa shape index (κ2) is 3.54. The molecule has 0 radical (unpaired) electrons. The average Bonchev–Trinajstić information content (AvgIpc) is 2.74. The van der Waals surface area contributed by atoms with E-state index in [4.69, 9.17) is 4.74 Å². The van der Waals surface area contributed by atoms with Crippen molar-refractivity contribution in [3.8, 4) is 0 Å². The van der Waals surface area contributed by atoms with Crippen molar-refractivity contribution in [2.75, 3.05) is 13.2 Å². The highest BCUT2D eigenvalue weighted by Crippen LogP contribution is 2.52. The lowest BCUT2D eigenvalue weighted by atomic mass is 9.86. The smallest absolute Gasteiger partial charge is 0.0488 e. The largest absolute Gasteiger partial charge is 0.381 e. The van der Waals surface area contributed by atoms with E-state index in [9.17, 15) is 0 Å². The molecule has 0 amide bonds. The highest BCUT2D eigenvalue weighted by Gasteiger charge is 2.44. The molecular formula is C13H18O. The predicted molar refractivity (Wildman–Crippen MR) is 56.9 cm³/mol. The maximum atomic E-state index is 4.72. The Morgan fingerprint density at radius 1 is 1.00 bits per heavy atom. The zero-order valence-electron chi connectivity index (χ0n) is 8.56. The van der Waals surface area contributed by atoms with Crippen LogP contribution < -0.4 is 0 Å².